The van der Waals surface area contributed by atoms with Crippen LogP contribution in [0, 0.1) is 5.92 Å². The van der Waals surface area contributed by atoms with E-state index in [1.807, 2.05) is 32.9 Å². The predicted molar refractivity (Wildman–Crippen MR) is 74.8 cm³/mol. The summed E-state index contributed by atoms with van der Waals surface area (Å²) in [5.41, 5.74) is 7.91. The van der Waals surface area contributed by atoms with Crippen molar-refractivity contribution in [2.45, 2.75) is 33.2 Å². The lowest BCUT2D eigenvalue weighted by atomic mass is 10.0. The third-order valence-electron chi connectivity index (χ3n) is 3.20. The maximum Gasteiger partial charge on any atom is 0.228 e. The highest BCUT2D eigenvalue weighted by Gasteiger charge is 2.17. The zero-order valence-electron chi connectivity index (χ0n) is 11.4. The van der Waals surface area contributed by atoms with Gasteiger partial charge in [0.15, 0.2) is 11.5 Å². The van der Waals surface area contributed by atoms with E-state index in [2.05, 4.69) is 10.3 Å². The lowest BCUT2D eigenvalue weighted by molar-refractivity contribution is -0.119. The zero-order chi connectivity index (χ0) is 14.0. The molecular weight excluding hydrogens is 242 g/mol. The number of aryl methyl sites for hydroxylation is 1. The van der Waals surface area contributed by atoms with E-state index in [1.54, 1.807) is 6.07 Å². The molecule has 2 unspecified atom stereocenters. The van der Waals surface area contributed by atoms with Crippen LogP contribution in [0.25, 0.3) is 11.1 Å². The second kappa shape index (κ2) is 5.40. The van der Waals surface area contributed by atoms with Gasteiger partial charge in [-0.05, 0) is 25.1 Å². The van der Waals surface area contributed by atoms with E-state index in [0.717, 1.165) is 17.5 Å². The van der Waals surface area contributed by atoms with Crippen LogP contribution in [0.3, 0.4) is 0 Å². The first kappa shape index (κ1) is 13.5. The number of nitrogens with zero attached hydrogens (tertiary/aromatic N) is 1. The molecule has 0 bridgehead atoms. The number of carbonyl (C=O) groups is 1. The van der Waals surface area contributed by atoms with Gasteiger partial charge in [0.05, 0.1) is 5.92 Å². The summed E-state index contributed by atoms with van der Waals surface area (Å²) in [5.74, 6) is 0.371. The Labute approximate surface area is 112 Å². The molecular formula is C14H19N3O2. The van der Waals surface area contributed by atoms with Crippen LogP contribution in [0.1, 0.15) is 26.7 Å². The first-order valence-electron chi connectivity index (χ1n) is 6.47. The molecule has 2 aromatic rings. The number of benzene rings is 1. The van der Waals surface area contributed by atoms with E-state index in [1.165, 1.54) is 0 Å². The molecule has 1 amide bonds. The van der Waals surface area contributed by atoms with Gasteiger partial charge in [0.2, 0.25) is 5.91 Å². The summed E-state index contributed by atoms with van der Waals surface area (Å²) >= 11 is 0. The third-order valence-corrected chi connectivity index (χ3v) is 3.20. The minimum atomic E-state index is -0.237. The highest BCUT2D eigenvalue weighted by molar-refractivity contribution is 5.94. The molecule has 0 saturated heterocycles. The van der Waals surface area contributed by atoms with Gasteiger partial charge >= 0.3 is 0 Å². The summed E-state index contributed by atoms with van der Waals surface area (Å²) in [6.07, 6.45) is 0.748. The number of aromatic nitrogens is 1. The molecule has 0 aliphatic heterocycles. The molecule has 3 N–H and O–H groups in total. The average Bonchev–Trinajstić information content (AvgIpc) is 2.79. The van der Waals surface area contributed by atoms with Gasteiger partial charge in [-0.3, -0.25) is 4.79 Å². The van der Waals surface area contributed by atoms with Crippen LogP contribution in [-0.4, -0.2) is 16.9 Å². The number of carbonyl (C=O) groups excluding carboxylic acids is 1. The smallest absolute Gasteiger partial charge is 0.228 e. The summed E-state index contributed by atoms with van der Waals surface area (Å²) in [6, 6.07) is 5.25. The SMILES string of the molecule is CCc1nc2cc(NC(=O)C(C)C(C)N)ccc2o1. The Kier molecular flexibility index (Phi) is 3.85. The van der Waals surface area contributed by atoms with Crippen LogP contribution in [0.2, 0.25) is 0 Å². The first-order chi connectivity index (χ1) is 9.01. The van der Waals surface area contributed by atoms with Gasteiger partial charge in [0.25, 0.3) is 0 Å². The van der Waals surface area contributed by atoms with Gasteiger partial charge in [-0.25, -0.2) is 4.98 Å². The van der Waals surface area contributed by atoms with Crippen molar-refractivity contribution in [3.63, 3.8) is 0 Å². The van der Waals surface area contributed by atoms with E-state index >= 15 is 0 Å². The van der Waals surface area contributed by atoms with Crippen molar-refractivity contribution in [2.75, 3.05) is 5.32 Å². The maximum absolute atomic E-state index is 11.9. The molecule has 5 heteroatoms. The number of amides is 1. The molecule has 2 atom stereocenters. The summed E-state index contributed by atoms with van der Waals surface area (Å²) in [5, 5.41) is 2.84. The van der Waals surface area contributed by atoms with Crippen molar-refractivity contribution >= 4 is 22.7 Å². The van der Waals surface area contributed by atoms with E-state index in [-0.39, 0.29) is 17.9 Å². The van der Waals surface area contributed by atoms with Crippen LogP contribution in [0.4, 0.5) is 5.69 Å². The quantitative estimate of drug-likeness (QED) is 0.885. The normalized spacial score (nSPS) is 14.3. The molecule has 0 spiro atoms. The highest BCUT2D eigenvalue weighted by Crippen LogP contribution is 2.20. The highest BCUT2D eigenvalue weighted by atomic mass is 16.3. The minimum absolute atomic E-state index is 0.0893. The van der Waals surface area contributed by atoms with E-state index in [0.29, 0.717) is 11.6 Å². The Hall–Kier alpha value is -1.88. The van der Waals surface area contributed by atoms with Crippen molar-refractivity contribution in [3.8, 4) is 0 Å². The third kappa shape index (κ3) is 2.93. The summed E-state index contributed by atoms with van der Waals surface area (Å²) in [7, 11) is 0. The molecule has 5 nitrogen and oxygen atoms in total. The Morgan fingerprint density at radius 1 is 1.47 bits per heavy atom. The molecule has 19 heavy (non-hydrogen) atoms. The van der Waals surface area contributed by atoms with Crippen molar-refractivity contribution in [2.24, 2.45) is 11.7 Å². The largest absolute Gasteiger partial charge is 0.441 e. The molecule has 1 aromatic heterocycles. The predicted octanol–water partition coefficient (Wildman–Crippen LogP) is 2.31. The fourth-order valence-corrected chi connectivity index (χ4v) is 1.70. The molecule has 0 radical (unpaired) electrons. The zero-order valence-corrected chi connectivity index (χ0v) is 11.4. The van der Waals surface area contributed by atoms with Gasteiger partial charge < -0.3 is 15.5 Å². The second-order valence-electron chi connectivity index (χ2n) is 4.78. The molecule has 0 aliphatic rings. The summed E-state index contributed by atoms with van der Waals surface area (Å²) in [4.78, 5) is 16.3. The monoisotopic (exact) mass is 261 g/mol. The lowest BCUT2D eigenvalue weighted by Gasteiger charge is -2.15. The number of anilines is 1. The molecule has 102 valence electrons. The Morgan fingerprint density at radius 3 is 2.84 bits per heavy atom. The van der Waals surface area contributed by atoms with Gasteiger partial charge in [-0.15, -0.1) is 0 Å². The van der Waals surface area contributed by atoms with Crippen molar-refractivity contribution < 1.29 is 9.21 Å². The minimum Gasteiger partial charge on any atom is -0.441 e. The number of oxazole rings is 1. The number of fused-ring (bicyclic) bond motifs is 1. The molecule has 1 heterocycles. The number of nitrogens with two attached hydrogens (primary N) is 1. The van der Waals surface area contributed by atoms with Crippen molar-refractivity contribution in [3.05, 3.63) is 24.1 Å². The molecule has 0 fully saturated rings. The van der Waals surface area contributed by atoms with Gasteiger partial charge in [-0.1, -0.05) is 13.8 Å². The molecule has 1 aromatic carbocycles. The Morgan fingerprint density at radius 2 is 2.21 bits per heavy atom. The first-order valence-corrected chi connectivity index (χ1v) is 6.47. The van der Waals surface area contributed by atoms with Crippen LogP contribution >= 0.6 is 0 Å². The summed E-state index contributed by atoms with van der Waals surface area (Å²) in [6.45, 7) is 5.61. The van der Waals surface area contributed by atoms with E-state index in [9.17, 15) is 4.79 Å². The van der Waals surface area contributed by atoms with Gasteiger partial charge in [0.1, 0.15) is 5.52 Å². The van der Waals surface area contributed by atoms with Gasteiger partial charge in [0, 0.05) is 18.2 Å². The summed E-state index contributed by atoms with van der Waals surface area (Å²) < 4.78 is 5.52. The van der Waals surface area contributed by atoms with Crippen LogP contribution in [-0.2, 0) is 11.2 Å². The molecule has 0 aliphatic carbocycles. The number of nitrogens with one attached hydrogen (secondary N) is 1. The second-order valence-corrected chi connectivity index (χ2v) is 4.78. The number of rotatable bonds is 4. The standard InChI is InChI=1S/C14H19N3O2/c1-4-13-17-11-7-10(5-6-12(11)19-13)16-14(18)8(2)9(3)15/h5-9H,4,15H2,1-3H3,(H,16,18). The van der Waals surface area contributed by atoms with Crippen LogP contribution in [0.5, 0.6) is 0 Å². The topological polar surface area (TPSA) is 81.2 Å². The van der Waals surface area contributed by atoms with Crippen molar-refractivity contribution in [1.82, 2.24) is 4.98 Å². The van der Waals surface area contributed by atoms with E-state index in [4.69, 9.17) is 10.2 Å². The fourth-order valence-electron chi connectivity index (χ4n) is 1.70. The van der Waals surface area contributed by atoms with Gasteiger partial charge in [-0.2, -0.15) is 0 Å². The van der Waals surface area contributed by atoms with E-state index < -0.39 is 0 Å². The fraction of sp³-hybridized carbons (Fsp3) is 0.429. The lowest BCUT2D eigenvalue weighted by Crippen LogP contribution is -2.34. The average molecular weight is 261 g/mol. The maximum atomic E-state index is 11.9. The number of hydrogen-bond acceptors (Lipinski definition) is 4. The van der Waals surface area contributed by atoms with Crippen LogP contribution < -0.4 is 11.1 Å². The Bertz CT molecular complexity index is 589. The van der Waals surface area contributed by atoms with Crippen molar-refractivity contribution in [1.29, 1.82) is 0 Å². The Balaban J connectivity index is 2.19. The van der Waals surface area contributed by atoms with Crippen LogP contribution in [0.15, 0.2) is 22.6 Å². The molecule has 2 rings (SSSR count). The molecule has 0 saturated carbocycles. The number of hydrogen-bond donors (Lipinski definition) is 2.